The third-order valence-corrected chi connectivity index (χ3v) is 4.53. The van der Waals surface area contributed by atoms with Crippen LogP contribution in [0.3, 0.4) is 0 Å². The third-order valence-electron chi connectivity index (χ3n) is 4.53. The summed E-state index contributed by atoms with van der Waals surface area (Å²) in [6.07, 6.45) is 1.65. The van der Waals surface area contributed by atoms with Gasteiger partial charge in [-0.15, -0.1) is 0 Å². The van der Waals surface area contributed by atoms with E-state index in [1.54, 1.807) is 38.6 Å². The number of ether oxygens (including phenoxy) is 2. The molecular formula is C19H19N5O3. The van der Waals surface area contributed by atoms with Crippen LogP contribution in [-0.4, -0.2) is 47.1 Å². The summed E-state index contributed by atoms with van der Waals surface area (Å²) in [5, 5.41) is 4.57. The molecule has 0 amide bonds. The van der Waals surface area contributed by atoms with E-state index in [-0.39, 0.29) is 11.6 Å². The van der Waals surface area contributed by atoms with Gasteiger partial charge < -0.3 is 14.4 Å². The minimum atomic E-state index is -0.134. The van der Waals surface area contributed by atoms with E-state index in [0.717, 1.165) is 11.3 Å². The van der Waals surface area contributed by atoms with Crippen molar-refractivity contribution in [1.29, 1.82) is 0 Å². The predicted octanol–water partition coefficient (Wildman–Crippen LogP) is 1.78. The zero-order valence-electron chi connectivity index (χ0n) is 15.1. The normalized spacial score (nSPS) is 13.9. The van der Waals surface area contributed by atoms with Gasteiger partial charge in [-0.1, -0.05) is 12.1 Å². The highest BCUT2D eigenvalue weighted by atomic mass is 16.5. The highest BCUT2D eigenvalue weighted by Crippen LogP contribution is 2.29. The van der Waals surface area contributed by atoms with Gasteiger partial charge in [0.05, 0.1) is 26.0 Å². The van der Waals surface area contributed by atoms with Crippen LogP contribution in [0.4, 0.5) is 5.95 Å². The molecule has 0 saturated carbocycles. The molecule has 1 aliphatic heterocycles. The first-order chi connectivity index (χ1) is 13.2. The number of nitrogens with zero attached hydrogens (tertiary/aromatic N) is 5. The fraction of sp³-hybridized carbons (Fsp3) is 0.263. The molecule has 27 heavy (non-hydrogen) atoms. The van der Waals surface area contributed by atoms with E-state index in [1.165, 1.54) is 4.68 Å². The van der Waals surface area contributed by atoms with E-state index < -0.39 is 0 Å². The van der Waals surface area contributed by atoms with Crippen molar-refractivity contribution >= 4 is 5.95 Å². The topological polar surface area (TPSA) is 82.4 Å². The highest BCUT2D eigenvalue weighted by molar-refractivity contribution is 5.66. The highest BCUT2D eigenvalue weighted by Gasteiger charge is 2.32. The molecule has 2 aromatic heterocycles. The largest absolute Gasteiger partial charge is 0.496 e. The molecule has 0 atom stereocenters. The average Bonchev–Trinajstić information content (AvgIpc) is 2.68. The van der Waals surface area contributed by atoms with Crippen LogP contribution in [0.25, 0.3) is 11.3 Å². The third kappa shape index (κ3) is 3.21. The van der Waals surface area contributed by atoms with Crippen LogP contribution in [0.2, 0.25) is 0 Å². The lowest BCUT2D eigenvalue weighted by Crippen LogP contribution is -2.51. The summed E-state index contributed by atoms with van der Waals surface area (Å²) >= 11 is 0. The smallest absolute Gasteiger partial charge is 0.267 e. The second kappa shape index (κ2) is 7.06. The van der Waals surface area contributed by atoms with Crippen LogP contribution in [0.5, 0.6) is 11.6 Å². The zero-order valence-corrected chi connectivity index (χ0v) is 15.1. The Morgan fingerprint density at radius 3 is 2.63 bits per heavy atom. The minimum absolute atomic E-state index is 0.0399. The van der Waals surface area contributed by atoms with Gasteiger partial charge in [-0.3, -0.25) is 4.79 Å². The standard InChI is InChI=1S/C19H19N5O3/c1-26-16-6-4-3-5-14(16)15-7-8-18(25)24(22-15)13-11-23(12-13)19-20-10-9-17(21-19)27-2/h3-10,13H,11-12H2,1-2H3. The van der Waals surface area contributed by atoms with Crippen LogP contribution < -0.4 is 19.9 Å². The van der Waals surface area contributed by atoms with Crippen molar-refractivity contribution in [3.05, 3.63) is 59.0 Å². The number of hydrogen-bond donors (Lipinski definition) is 0. The Labute approximate surface area is 156 Å². The molecule has 138 valence electrons. The first kappa shape index (κ1) is 17.0. The summed E-state index contributed by atoms with van der Waals surface area (Å²) in [5.41, 5.74) is 1.41. The summed E-state index contributed by atoms with van der Waals surface area (Å²) < 4.78 is 12.1. The van der Waals surface area contributed by atoms with E-state index in [4.69, 9.17) is 9.47 Å². The number of hydrogen-bond acceptors (Lipinski definition) is 7. The lowest BCUT2D eigenvalue weighted by atomic mass is 10.1. The SMILES string of the molecule is COc1ccnc(N2CC(n3nc(-c4ccccc4OC)ccc3=O)C2)n1. The maximum absolute atomic E-state index is 12.3. The Hall–Kier alpha value is -3.42. The van der Waals surface area contributed by atoms with Crippen molar-refractivity contribution < 1.29 is 9.47 Å². The average molecular weight is 365 g/mol. The molecule has 0 aliphatic carbocycles. The molecule has 1 saturated heterocycles. The summed E-state index contributed by atoms with van der Waals surface area (Å²) in [6, 6.07) is 12.5. The number of benzene rings is 1. The predicted molar refractivity (Wildman–Crippen MR) is 100 cm³/mol. The van der Waals surface area contributed by atoms with Crippen LogP contribution in [0.15, 0.2) is 53.5 Å². The molecule has 8 nitrogen and oxygen atoms in total. The van der Waals surface area contributed by atoms with Gasteiger partial charge in [-0.2, -0.15) is 10.1 Å². The monoisotopic (exact) mass is 365 g/mol. The second-order valence-electron chi connectivity index (χ2n) is 6.16. The first-order valence-corrected chi connectivity index (χ1v) is 8.55. The molecule has 0 spiro atoms. The molecule has 4 rings (SSSR count). The Morgan fingerprint density at radius 2 is 1.85 bits per heavy atom. The van der Waals surface area contributed by atoms with E-state index in [0.29, 0.717) is 30.6 Å². The maximum atomic E-state index is 12.3. The molecule has 3 heterocycles. The maximum Gasteiger partial charge on any atom is 0.267 e. The Kier molecular flexibility index (Phi) is 4.45. The fourth-order valence-electron chi connectivity index (χ4n) is 3.06. The fourth-order valence-corrected chi connectivity index (χ4v) is 3.06. The van der Waals surface area contributed by atoms with E-state index >= 15 is 0 Å². The van der Waals surface area contributed by atoms with E-state index in [9.17, 15) is 4.79 Å². The van der Waals surface area contributed by atoms with Crippen molar-refractivity contribution in [3.8, 4) is 22.9 Å². The van der Waals surface area contributed by atoms with Gasteiger partial charge in [-0.05, 0) is 18.2 Å². The van der Waals surface area contributed by atoms with Crippen molar-refractivity contribution in [2.24, 2.45) is 0 Å². The van der Waals surface area contributed by atoms with E-state index in [1.807, 2.05) is 29.2 Å². The van der Waals surface area contributed by atoms with Crippen molar-refractivity contribution in [2.45, 2.75) is 6.04 Å². The number of rotatable bonds is 5. The summed E-state index contributed by atoms with van der Waals surface area (Å²) in [7, 11) is 3.19. The van der Waals surface area contributed by atoms with Gasteiger partial charge in [0, 0.05) is 37.0 Å². The van der Waals surface area contributed by atoms with Crippen LogP contribution in [0, 0.1) is 0 Å². The Morgan fingerprint density at radius 1 is 1.04 bits per heavy atom. The zero-order chi connectivity index (χ0) is 18.8. The number of methoxy groups -OCH3 is 2. The molecule has 0 unspecified atom stereocenters. The number of para-hydroxylation sites is 1. The molecular weight excluding hydrogens is 346 g/mol. The second-order valence-corrected chi connectivity index (χ2v) is 6.16. The van der Waals surface area contributed by atoms with Crippen molar-refractivity contribution in [3.63, 3.8) is 0 Å². The minimum Gasteiger partial charge on any atom is -0.496 e. The van der Waals surface area contributed by atoms with Crippen molar-refractivity contribution in [1.82, 2.24) is 19.7 Å². The van der Waals surface area contributed by atoms with Gasteiger partial charge in [0.2, 0.25) is 11.8 Å². The quantitative estimate of drug-likeness (QED) is 0.681. The van der Waals surface area contributed by atoms with Gasteiger partial charge in [0.25, 0.3) is 5.56 Å². The van der Waals surface area contributed by atoms with Gasteiger partial charge in [0.1, 0.15) is 5.75 Å². The molecule has 3 aromatic rings. The summed E-state index contributed by atoms with van der Waals surface area (Å²) in [6.45, 7) is 1.21. The molecule has 8 heteroatoms. The first-order valence-electron chi connectivity index (χ1n) is 8.55. The van der Waals surface area contributed by atoms with E-state index in [2.05, 4.69) is 15.1 Å². The number of aromatic nitrogens is 4. The summed E-state index contributed by atoms with van der Waals surface area (Å²) in [5.74, 6) is 1.81. The molecule has 0 bridgehead atoms. The number of anilines is 1. The van der Waals surface area contributed by atoms with Gasteiger partial charge >= 0.3 is 0 Å². The molecule has 0 N–H and O–H groups in total. The lowest BCUT2D eigenvalue weighted by Gasteiger charge is -2.39. The Bertz CT molecular complexity index is 1010. The molecule has 0 radical (unpaired) electrons. The van der Waals surface area contributed by atoms with Crippen molar-refractivity contribution in [2.75, 3.05) is 32.2 Å². The Balaban J connectivity index is 1.58. The van der Waals surface area contributed by atoms with Crippen LogP contribution in [0.1, 0.15) is 6.04 Å². The van der Waals surface area contributed by atoms with Crippen LogP contribution >= 0.6 is 0 Å². The van der Waals surface area contributed by atoms with Crippen LogP contribution in [-0.2, 0) is 0 Å². The molecule has 1 fully saturated rings. The molecule has 1 aliphatic rings. The lowest BCUT2D eigenvalue weighted by molar-refractivity contribution is 0.346. The van der Waals surface area contributed by atoms with Gasteiger partial charge in [0.15, 0.2) is 0 Å². The van der Waals surface area contributed by atoms with Gasteiger partial charge in [-0.25, -0.2) is 9.67 Å². The molecule has 1 aromatic carbocycles. The summed E-state index contributed by atoms with van der Waals surface area (Å²) in [4.78, 5) is 22.9.